The number of aromatic amines is 1. The molecule has 0 atom stereocenters. The Labute approximate surface area is 138 Å². The number of carbonyl (C=O) groups excluding carboxylic acids is 1. The van der Waals surface area contributed by atoms with E-state index in [1.807, 2.05) is 13.8 Å². The summed E-state index contributed by atoms with van der Waals surface area (Å²) < 4.78 is 0. The molecule has 0 saturated heterocycles. The SMILES string of the molecule is Cc1n[nH]c(C)c1CCC(=O)NCC12CC3CC(CC(C3)C1)C2. The highest BCUT2D eigenvalue weighted by molar-refractivity contribution is 5.76. The van der Waals surface area contributed by atoms with Crippen LogP contribution in [0.15, 0.2) is 0 Å². The first-order valence-corrected chi connectivity index (χ1v) is 9.30. The second-order valence-electron chi connectivity index (χ2n) is 8.61. The van der Waals surface area contributed by atoms with E-state index in [0.29, 0.717) is 11.8 Å². The van der Waals surface area contributed by atoms with E-state index in [2.05, 4.69) is 15.5 Å². The fraction of sp³-hybridized carbons (Fsp3) is 0.789. The lowest BCUT2D eigenvalue weighted by Crippen LogP contribution is -2.51. The molecule has 4 heteroatoms. The van der Waals surface area contributed by atoms with Gasteiger partial charge in [-0.2, -0.15) is 5.10 Å². The average molecular weight is 315 g/mol. The Hall–Kier alpha value is -1.32. The van der Waals surface area contributed by atoms with Gasteiger partial charge in [-0.3, -0.25) is 9.89 Å². The molecule has 1 aromatic rings. The van der Waals surface area contributed by atoms with Crippen LogP contribution < -0.4 is 5.32 Å². The summed E-state index contributed by atoms with van der Waals surface area (Å²) in [4.78, 5) is 12.3. The third kappa shape index (κ3) is 2.92. The van der Waals surface area contributed by atoms with Gasteiger partial charge in [0.1, 0.15) is 0 Å². The first-order valence-electron chi connectivity index (χ1n) is 9.30. The smallest absolute Gasteiger partial charge is 0.220 e. The van der Waals surface area contributed by atoms with Crippen molar-refractivity contribution in [3.8, 4) is 0 Å². The van der Waals surface area contributed by atoms with Gasteiger partial charge < -0.3 is 5.32 Å². The minimum absolute atomic E-state index is 0.209. The Bertz CT molecular complexity index is 549. The van der Waals surface area contributed by atoms with Gasteiger partial charge in [-0.1, -0.05) is 0 Å². The lowest BCUT2D eigenvalue weighted by molar-refractivity contribution is -0.123. The molecule has 4 aliphatic rings. The molecule has 4 saturated carbocycles. The molecule has 4 bridgehead atoms. The van der Waals surface area contributed by atoms with Crippen LogP contribution >= 0.6 is 0 Å². The Kier molecular flexibility index (Phi) is 3.73. The Morgan fingerprint density at radius 1 is 1.17 bits per heavy atom. The van der Waals surface area contributed by atoms with E-state index in [1.165, 1.54) is 44.1 Å². The fourth-order valence-electron chi connectivity index (χ4n) is 6.06. The van der Waals surface area contributed by atoms with Crippen molar-refractivity contribution in [3.05, 3.63) is 17.0 Å². The van der Waals surface area contributed by atoms with Crippen molar-refractivity contribution in [2.75, 3.05) is 6.54 Å². The third-order valence-electron chi connectivity index (χ3n) is 6.71. The van der Waals surface area contributed by atoms with Crippen molar-refractivity contribution in [2.24, 2.45) is 23.2 Å². The second kappa shape index (κ2) is 5.64. The Morgan fingerprint density at radius 3 is 2.30 bits per heavy atom. The highest BCUT2D eigenvalue weighted by atomic mass is 16.1. The maximum Gasteiger partial charge on any atom is 0.220 e. The summed E-state index contributed by atoms with van der Waals surface area (Å²) in [6.45, 7) is 4.95. The van der Waals surface area contributed by atoms with Gasteiger partial charge in [-0.25, -0.2) is 0 Å². The first-order chi connectivity index (χ1) is 11.0. The van der Waals surface area contributed by atoms with Gasteiger partial charge in [0.25, 0.3) is 0 Å². The van der Waals surface area contributed by atoms with E-state index in [1.54, 1.807) is 0 Å². The fourth-order valence-corrected chi connectivity index (χ4v) is 6.06. The standard InChI is InChI=1S/C19H29N3O/c1-12-17(13(2)22-21-12)3-4-18(23)20-11-19-8-14-5-15(9-19)7-16(6-14)10-19/h14-16H,3-11H2,1-2H3,(H,20,23)(H,21,22). The number of hydrogen-bond donors (Lipinski definition) is 2. The van der Waals surface area contributed by atoms with Crippen LogP contribution in [0.3, 0.4) is 0 Å². The molecular formula is C19H29N3O. The molecule has 0 spiro atoms. The van der Waals surface area contributed by atoms with Gasteiger partial charge in [0, 0.05) is 18.7 Å². The molecular weight excluding hydrogens is 286 g/mol. The van der Waals surface area contributed by atoms with Crippen molar-refractivity contribution >= 4 is 5.91 Å². The summed E-state index contributed by atoms with van der Waals surface area (Å²) in [6, 6.07) is 0. The molecule has 0 aromatic carbocycles. The minimum atomic E-state index is 0.209. The normalized spacial score (nSPS) is 34.8. The molecule has 4 fully saturated rings. The largest absolute Gasteiger partial charge is 0.356 e. The van der Waals surface area contributed by atoms with Crippen LogP contribution in [-0.4, -0.2) is 22.6 Å². The monoisotopic (exact) mass is 315 g/mol. The van der Waals surface area contributed by atoms with Crippen LogP contribution in [0.25, 0.3) is 0 Å². The Balaban J connectivity index is 1.30. The summed E-state index contributed by atoms with van der Waals surface area (Å²) in [5, 5.41) is 10.5. The maximum absolute atomic E-state index is 12.3. The minimum Gasteiger partial charge on any atom is -0.356 e. The summed E-state index contributed by atoms with van der Waals surface area (Å²) in [5.41, 5.74) is 3.76. The van der Waals surface area contributed by atoms with Crippen molar-refractivity contribution in [1.82, 2.24) is 15.5 Å². The van der Waals surface area contributed by atoms with E-state index in [0.717, 1.165) is 42.1 Å². The number of aromatic nitrogens is 2. The van der Waals surface area contributed by atoms with E-state index in [4.69, 9.17) is 0 Å². The van der Waals surface area contributed by atoms with Crippen LogP contribution in [-0.2, 0) is 11.2 Å². The zero-order valence-corrected chi connectivity index (χ0v) is 14.5. The number of rotatable bonds is 5. The van der Waals surface area contributed by atoms with Crippen molar-refractivity contribution in [3.63, 3.8) is 0 Å². The topological polar surface area (TPSA) is 57.8 Å². The zero-order chi connectivity index (χ0) is 16.0. The van der Waals surface area contributed by atoms with Crippen LogP contribution in [0, 0.1) is 37.0 Å². The number of nitrogens with one attached hydrogen (secondary N) is 2. The Morgan fingerprint density at radius 2 is 1.78 bits per heavy atom. The molecule has 2 N–H and O–H groups in total. The first kappa shape index (κ1) is 15.2. The quantitative estimate of drug-likeness (QED) is 0.876. The molecule has 1 heterocycles. The molecule has 126 valence electrons. The predicted molar refractivity (Wildman–Crippen MR) is 90.0 cm³/mol. The van der Waals surface area contributed by atoms with Crippen molar-refractivity contribution in [1.29, 1.82) is 0 Å². The molecule has 1 amide bonds. The lowest BCUT2D eigenvalue weighted by Gasteiger charge is -2.56. The molecule has 0 unspecified atom stereocenters. The van der Waals surface area contributed by atoms with Crippen LogP contribution in [0.1, 0.15) is 61.9 Å². The van der Waals surface area contributed by atoms with E-state index in [-0.39, 0.29) is 5.91 Å². The molecule has 4 aliphatic carbocycles. The summed E-state index contributed by atoms with van der Waals surface area (Å²) in [6.07, 6.45) is 9.84. The van der Waals surface area contributed by atoms with Gasteiger partial charge in [0.15, 0.2) is 0 Å². The zero-order valence-electron chi connectivity index (χ0n) is 14.5. The lowest BCUT2D eigenvalue weighted by atomic mass is 9.49. The maximum atomic E-state index is 12.3. The van der Waals surface area contributed by atoms with Crippen molar-refractivity contribution < 1.29 is 4.79 Å². The molecule has 23 heavy (non-hydrogen) atoms. The molecule has 4 nitrogen and oxygen atoms in total. The molecule has 0 aliphatic heterocycles. The van der Waals surface area contributed by atoms with Gasteiger partial charge in [-0.15, -0.1) is 0 Å². The molecule has 5 rings (SSSR count). The number of aryl methyl sites for hydroxylation is 2. The van der Waals surface area contributed by atoms with Gasteiger partial charge >= 0.3 is 0 Å². The summed E-state index contributed by atoms with van der Waals surface area (Å²) in [7, 11) is 0. The van der Waals surface area contributed by atoms with Gasteiger partial charge in [0.05, 0.1) is 5.69 Å². The number of carbonyl (C=O) groups is 1. The predicted octanol–water partition coefficient (Wildman–Crippen LogP) is 3.29. The van der Waals surface area contributed by atoms with Crippen LogP contribution in [0.5, 0.6) is 0 Å². The van der Waals surface area contributed by atoms with Gasteiger partial charge in [0.2, 0.25) is 5.91 Å². The second-order valence-corrected chi connectivity index (χ2v) is 8.61. The average Bonchev–Trinajstić information content (AvgIpc) is 2.81. The third-order valence-corrected chi connectivity index (χ3v) is 6.71. The van der Waals surface area contributed by atoms with E-state index >= 15 is 0 Å². The van der Waals surface area contributed by atoms with E-state index in [9.17, 15) is 4.79 Å². The highest BCUT2D eigenvalue weighted by Crippen LogP contribution is 2.59. The number of hydrogen-bond acceptors (Lipinski definition) is 2. The van der Waals surface area contributed by atoms with Gasteiger partial charge in [-0.05, 0) is 87.5 Å². The number of H-pyrrole nitrogens is 1. The number of nitrogens with zero attached hydrogens (tertiary/aromatic N) is 1. The van der Waals surface area contributed by atoms with Crippen LogP contribution in [0.4, 0.5) is 0 Å². The van der Waals surface area contributed by atoms with Crippen molar-refractivity contribution in [2.45, 2.75) is 65.2 Å². The highest BCUT2D eigenvalue weighted by Gasteiger charge is 2.50. The van der Waals surface area contributed by atoms with E-state index < -0.39 is 0 Å². The van der Waals surface area contributed by atoms with Crippen LogP contribution in [0.2, 0.25) is 0 Å². The summed E-state index contributed by atoms with van der Waals surface area (Å²) >= 11 is 0. The number of amides is 1. The summed E-state index contributed by atoms with van der Waals surface area (Å²) in [5.74, 6) is 3.07. The molecule has 1 aromatic heterocycles. The molecule has 0 radical (unpaired) electrons.